The molecular weight excluding hydrogens is 402 g/mol. The van der Waals surface area contributed by atoms with Gasteiger partial charge in [0, 0.05) is 25.0 Å². The molecule has 0 saturated carbocycles. The predicted molar refractivity (Wildman–Crippen MR) is 108 cm³/mol. The molecule has 0 bridgehead atoms. The predicted octanol–water partition coefficient (Wildman–Crippen LogP) is 3.07. The van der Waals surface area contributed by atoms with Gasteiger partial charge in [0.25, 0.3) is 20.2 Å². The van der Waals surface area contributed by atoms with Crippen molar-refractivity contribution in [1.82, 2.24) is 0 Å². The van der Waals surface area contributed by atoms with Crippen LogP contribution >= 0.6 is 0 Å². The van der Waals surface area contributed by atoms with E-state index in [-0.39, 0.29) is 17.1 Å². The second-order valence-electron chi connectivity index (χ2n) is 7.77. The molecule has 0 saturated heterocycles. The maximum absolute atomic E-state index is 11.7. The zero-order chi connectivity index (χ0) is 21.1. The molecular formula is C19H24NO6S2+. The van der Waals surface area contributed by atoms with Crippen molar-refractivity contribution in [1.29, 1.82) is 0 Å². The van der Waals surface area contributed by atoms with Gasteiger partial charge in [0.15, 0.2) is 5.71 Å². The molecule has 3 rings (SSSR count). The highest BCUT2D eigenvalue weighted by molar-refractivity contribution is 7.86. The van der Waals surface area contributed by atoms with Crippen LogP contribution in [-0.2, 0) is 25.7 Å². The first-order chi connectivity index (χ1) is 12.7. The summed E-state index contributed by atoms with van der Waals surface area (Å²) < 4.78 is 66.1. The summed E-state index contributed by atoms with van der Waals surface area (Å²) in [5.74, 6) is -0.327. The van der Waals surface area contributed by atoms with E-state index in [0.717, 1.165) is 33.3 Å². The molecule has 152 valence electrons. The lowest BCUT2D eigenvalue weighted by Gasteiger charge is -2.18. The lowest BCUT2D eigenvalue weighted by atomic mass is 9.79. The monoisotopic (exact) mass is 426 g/mol. The van der Waals surface area contributed by atoms with Crippen molar-refractivity contribution in [2.45, 2.75) is 44.4 Å². The standard InChI is InChI=1S/C19H23NO6S2/c1-12-10-14(28(24,25)26)11-16-15(12)6-7-17-18(16)19(3,4)13(2)20(17)8-5-9-27(21,22)23/h6-7,10-11H,5,8-9H2,1-4H3,(H-,21,22,23,24,25,26)/p+1. The normalized spacial score (nSPS) is 16.6. The molecule has 0 aromatic heterocycles. The Hall–Kier alpha value is -1.81. The second kappa shape index (κ2) is 6.62. The second-order valence-corrected chi connectivity index (χ2v) is 10.8. The van der Waals surface area contributed by atoms with Crippen molar-refractivity contribution < 1.29 is 30.5 Å². The highest BCUT2D eigenvalue weighted by Gasteiger charge is 2.44. The number of nitrogens with zero attached hydrogens (tertiary/aromatic N) is 1. The summed E-state index contributed by atoms with van der Waals surface area (Å²) in [7, 11) is -8.38. The van der Waals surface area contributed by atoms with E-state index < -0.39 is 25.7 Å². The third-order valence-electron chi connectivity index (χ3n) is 5.60. The van der Waals surface area contributed by atoms with Crippen LogP contribution in [0, 0.1) is 6.92 Å². The largest absolute Gasteiger partial charge is 0.294 e. The van der Waals surface area contributed by atoms with Gasteiger partial charge in [0.1, 0.15) is 6.54 Å². The van der Waals surface area contributed by atoms with Crippen molar-refractivity contribution in [3.8, 4) is 0 Å². The molecule has 7 nitrogen and oxygen atoms in total. The van der Waals surface area contributed by atoms with Gasteiger partial charge < -0.3 is 0 Å². The van der Waals surface area contributed by atoms with E-state index in [2.05, 4.69) is 0 Å². The zero-order valence-electron chi connectivity index (χ0n) is 16.2. The molecule has 2 aromatic carbocycles. The van der Waals surface area contributed by atoms with Crippen LogP contribution in [0.4, 0.5) is 5.69 Å². The SMILES string of the molecule is CC1=[N+](CCCS(=O)(=O)O)c2ccc3c(C)cc(S(=O)(=O)O)cc3c2C1(C)C. The average molecular weight is 427 g/mol. The molecule has 28 heavy (non-hydrogen) atoms. The fraction of sp³-hybridized carbons (Fsp3) is 0.421. The topological polar surface area (TPSA) is 112 Å². The first-order valence-electron chi connectivity index (χ1n) is 8.85. The smallest absolute Gasteiger partial charge is 0.286 e. The van der Waals surface area contributed by atoms with Crippen LogP contribution in [0.1, 0.15) is 38.3 Å². The van der Waals surface area contributed by atoms with E-state index in [1.165, 1.54) is 12.1 Å². The minimum Gasteiger partial charge on any atom is -0.286 e. The molecule has 2 aromatic rings. The fourth-order valence-corrected chi connectivity index (χ4v) is 5.09. The molecule has 1 aliphatic rings. The summed E-state index contributed by atoms with van der Waals surface area (Å²) in [6.07, 6.45) is 0.258. The third kappa shape index (κ3) is 3.59. The van der Waals surface area contributed by atoms with Gasteiger partial charge in [-0.1, -0.05) is 0 Å². The van der Waals surface area contributed by atoms with Crippen molar-refractivity contribution in [3.63, 3.8) is 0 Å². The Morgan fingerprint density at radius 2 is 1.64 bits per heavy atom. The van der Waals surface area contributed by atoms with Crippen LogP contribution in [0.15, 0.2) is 29.2 Å². The van der Waals surface area contributed by atoms with Crippen molar-refractivity contribution in [2.75, 3.05) is 12.3 Å². The van der Waals surface area contributed by atoms with Gasteiger partial charge in [-0.3, -0.25) is 9.11 Å². The summed E-state index contributed by atoms with van der Waals surface area (Å²) >= 11 is 0. The van der Waals surface area contributed by atoms with E-state index in [0.29, 0.717) is 6.54 Å². The first-order valence-corrected chi connectivity index (χ1v) is 11.9. The van der Waals surface area contributed by atoms with Crippen LogP contribution in [0.2, 0.25) is 0 Å². The number of aryl methyl sites for hydroxylation is 1. The van der Waals surface area contributed by atoms with Crippen LogP contribution in [0.5, 0.6) is 0 Å². The summed E-state index contributed by atoms with van der Waals surface area (Å²) in [5.41, 5.74) is 3.13. The van der Waals surface area contributed by atoms with Crippen LogP contribution < -0.4 is 0 Å². The highest BCUT2D eigenvalue weighted by atomic mass is 32.2. The van der Waals surface area contributed by atoms with Crippen LogP contribution in [0.25, 0.3) is 10.8 Å². The number of rotatable bonds is 5. The van der Waals surface area contributed by atoms with Crippen molar-refractivity contribution in [2.24, 2.45) is 0 Å². The summed E-state index contributed by atoms with van der Waals surface area (Å²) in [6.45, 7) is 8.22. The van der Waals surface area contributed by atoms with E-state index in [4.69, 9.17) is 4.55 Å². The first kappa shape index (κ1) is 20.9. The molecule has 2 N–H and O–H groups in total. The van der Waals surface area contributed by atoms with Crippen molar-refractivity contribution in [3.05, 3.63) is 35.4 Å². The number of hydrogen-bond donors (Lipinski definition) is 2. The Labute approximate surface area is 165 Å². The molecule has 0 aliphatic carbocycles. The summed E-state index contributed by atoms with van der Waals surface area (Å²) in [5, 5.41) is 1.64. The molecule has 1 heterocycles. The zero-order valence-corrected chi connectivity index (χ0v) is 17.9. The van der Waals surface area contributed by atoms with Gasteiger partial charge in [0.05, 0.1) is 16.1 Å². The summed E-state index contributed by atoms with van der Waals surface area (Å²) in [4.78, 5) is -0.149. The minimum absolute atomic E-state index is 0.149. The Morgan fingerprint density at radius 3 is 2.21 bits per heavy atom. The highest BCUT2D eigenvalue weighted by Crippen LogP contribution is 2.45. The molecule has 0 atom stereocenters. The molecule has 0 unspecified atom stereocenters. The quantitative estimate of drug-likeness (QED) is 0.561. The summed E-state index contributed by atoms with van der Waals surface area (Å²) in [6, 6.07) is 6.80. The number of fused-ring (bicyclic) bond motifs is 3. The fourth-order valence-electron chi connectivity index (χ4n) is 4.00. The van der Waals surface area contributed by atoms with Gasteiger partial charge in [-0.15, -0.1) is 0 Å². The Kier molecular flexibility index (Phi) is 4.94. The Morgan fingerprint density at radius 1 is 1.00 bits per heavy atom. The lowest BCUT2D eigenvalue weighted by Crippen LogP contribution is -2.27. The molecule has 1 aliphatic heterocycles. The van der Waals surface area contributed by atoms with E-state index >= 15 is 0 Å². The molecule has 0 radical (unpaired) electrons. The minimum atomic E-state index is -4.34. The van der Waals surface area contributed by atoms with Gasteiger partial charge >= 0.3 is 0 Å². The van der Waals surface area contributed by atoms with Gasteiger partial charge in [-0.25, -0.2) is 0 Å². The molecule has 0 spiro atoms. The molecule has 0 fully saturated rings. The lowest BCUT2D eigenvalue weighted by molar-refractivity contribution is -0.438. The Balaban J connectivity index is 2.21. The maximum Gasteiger partial charge on any atom is 0.294 e. The maximum atomic E-state index is 11.7. The van der Waals surface area contributed by atoms with Crippen LogP contribution in [-0.4, -0.2) is 48.5 Å². The Bertz CT molecular complexity index is 1220. The van der Waals surface area contributed by atoms with E-state index in [1.807, 2.05) is 37.5 Å². The number of benzene rings is 2. The molecule has 9 heteroatoms. The van der Waals surface area contributed by atoms with Gasteiger partial charge in [0.2, 0.25) is 5.69 Å². The third-order valence-corrected chi connectivity index (χ3v) is 7.24. The van der Waals surface area contributed by atoms with Crippen LogP contribution in [0.3, 0.4) is 0 Å². The average Bonchev–Trinajstić information content (AvgIpc) is 2.73. The number of hydrogen-bond acceptors (Lipinski definition) is 4. The molecule has 0 amide bonds. The van der Waals surface area contributed by atoms with E-state index in [1.54, 1.807) is 6.92 Å². The van der Waals surface area contributed by atoms with Gasteiger partial charge in [-0.05, 0) is 55.3 Å². The van der Waals surface area contributed by atoms with E-state index in [9.17, 15) is 21.4 Å². The van der Waals surface area contributed by atoms with Gasteiger partial charge in [-0.2, -0.15) is 21.4 Å². The van der Waals surface area contributed by atoms with Crippen molar-refractivity contribution >= 4 is 42.4 Å².